The van der Waals surface area contributed by atoms with E-state index >= 15 is 0 Å². The van der Waals surface area contributed by atoms with Crippen LogP contribution < -0.4 is 5.32 Å². The summed E-state index contributed by atoms with van der Waals surface area (Å²) in [6, 6.07) is 4.03. The molecule has 0 bridgehead atoms. The standard InChI is InChI=1S/C12H15N3OS4/c1-3-8(19-9-6-5-7-18-9)10(16)13-11-14-15-12(20-11)17-4-2/h5-8H,3-4H2,1-2H3,(H,13,14,16). The Morgan fingerprint density at radius 1 is 1.45 bits per heavy atom. The fourth-order valence-corrected chi connectivity index (χ4v) is 5.03. The van der Waals surface area contributed by atoms with E-state index < -0.39 is 0 Å². The van der Waals surface area contributed by atoms with Crippen LogP contribution in [0.25, 0.3) is 0 Å². The summed E-state index contributed by atoms with van der Waals surface area (Å²) in [5, 5.41) is 13.4. The Balaban J connectivity index is 1.94. The number of nitrogens with zero attached hydrogens (tertiary/aromatic N) is 2. The molecule has 0 aliphatic heterocycles. The van der Waals surface area contributed by atoms with Crippen LogP contribution in [-0.4, -0.2) is 27.1 Å². The van der Waals surface area contributed by atoms with Crippen molar-refractivity contribution in [1.82, 2.24) is 10.2 Å². The van der Waals surface area contributed by atoms with Crippen LogP contribution in [-0.2, 0) is 4.79 Å². The smallest absolute Gasteiger partial charge is 0.239 e. The molecule has 2 rings (SSSR count). The molecule has 2 aromatic heterocycles. The molecular weight excluding hydrogens is 330 g/mol. The predicted molar refractivity (Wildman–Crippen MR) is 89.2 cm³/mol. The van der Waals surface area contributed by atoms with E-state index in [4.69, 9.17) is 0 Å². The van der Waals surface area contributed by atoms with Crippen LogP contribution in [0.1, 0.15) is 20.3 Å². The molecule has 1 amide bonds. The molecule has 0 saturated carbocycles. The Morgan fingerprint density at radius 2 is 2.30 bits per heavy atom. The number of carbonyl (C=O) groups excluding carboxylic acids is 1. The average molecular weight is 346 g/mol. The van der Waals surface area contributed by atoms with Crippen molar-refractivity contribution in [1.29, 1.82) is 0 Å². The highest BCUT2D eigenvalue weighted by molar-refractivity contribution is 8.02. The van der Waals surface area contributed by atoms with E-state index in [0.717, 1.165) is 20.7 Å². The van der Waals surface area contributed by atoms with Gasteiger partial charge < -0.3 is 0 Å². The summed E-state index contributed by atoms with van der Waals surface area (Å²) in [6.45, 7) is 4.08. The molecule has 20 heavy (non-hydrogen) atoms. The second kappa shape index (κ2) is 8.02. The zero-order chi connectivity index (χ0) is 14.4. The molecular formula is C12H15N3OS4. The fourth-order valence-electron chi connectivity index (χ4n) is 1.42. The Bertz CT molecular complexity index is 541. The molecule has 2 aromatic rings. The Hall–Kier alpha value is -0.570. The number of anilines is 1. The van der Waals surface area contributed by atoms with Gasteiger partial charge in [0, 0.05) is 0 Å². The summed E-state index contributed by atoms with van der Waals surface area (Å²) in [5.41, 5.74) is 0. The molecule has 0 radical (unpaired) electrons. The molecule has 108 valence electrons. The normalized spacial score (nSPS) is 12.3. The van der Waals surface area contributed by atoms with E-state index in [2.05, 4.69) is 22.4 Å². The SMILES string of the molecule is CCSc1nnc(NC(=O)C(CC)Sc2cccs2)s1. The lowest BCUT2D eigenvalue weighted by atomic mass is 10.3. The highest BCUT2D eigenvalue weighted by Gasteiger charge is 2.20. The Kier molecular flexibility index (Phi) is 6.34. The van der Waals surface area contributed by atoms with Crippen LogP contribution in [0.5, 0.6) is 0 Å². The fraction of sp³-hybridized carbons (Fsp3) is 0.417. The minimum Gasteiger partial charge on any atom is -0.300 e. The first kappa shape index (κ1) is 15.8. The summed E-state index contributed by atoms with van der Waals surface area (Å²) >= 11 is 6.31. The maximum Gasteiger partial charge on any atom is 0.239 e. The van der Waals surface area contributed by atoms with Crippen molar-refractivity contribution >= 4 is 57.2 Å². The third-order valence-electron chi connectivity index (χ3n) is 2.32. The number of amides is 1. The van der Waals surface area contributed by atoms with E-state index in [1.807, 2.05) is 24.4 Å². The van der Waals surface area contributed by atoms with Crippen LogP contribution in [0.4, 0.5) is 5.13 Å². The maximum atomic E-state index is 12.2. The molecule has 1 atom stereocenters. The molecule has 2 heterocycles. The Labute approximate surface area is 134 Å². The second-order valence-electron chi connectivity index (χ2n) is 3.74. The van der Waals surface area contributed by atoms with Crippen molar-refractivity contribution in [3.05, 3.63) is 17.5 Å². The highest BCUT2D eigenvalue weighted by atomic mass is 32.2. The quantitative estimate of drug-likeness (QED) is 0.601. The topological polar surface area (TPSA) is 54.9 Å². The van der Waals surface area contributed by atoms with Crippen LogP contribution in [0, 0.1) is 0 Å². The first-order valence-corrected chi connectivity index (χ1v) is 9.76. The van der Waals surface area contributed by atoms with Gasteiger partial charge in [-0.05, 0) is 23.6 Å². The largest absolute Gasteiger partial charge is 0.300 e. The van der Waals surface area contributed by atoms with Crippen molar-refractivity contribution in [2.24, 2.45) is 0 Å². The monoisotopic (exact) mass is 345 g/mol. The minimum atomic E-state index is -0.0974. The van der Waals surface area contributed by atoms with Crippen LogP contribution in [0.3, 0.4) is 0 Å². The van der Waals surface area contributed by atoms with Crippen LogP contribution in [0.15, 0.2) is 26.1 Å². The average Bonchev–Trinajstić information content (AvgIpc) is 3.08. The van der Waals surface area contributed by atoms with E-state index in [-0.39, 0.29) is 11.2 Å². The van der Waals surface area contributed by atoms with Crippen molar-refractivity contribution in [2.75, 3.05) is 11.1 Å². The van der Waals surface area contributed by atoms with Crippen molar-refractivity contribution in [3.8, 4) is 0 Å². The molecule has 8 heteroatoms. The molecule has 1 N–H and O–H groups in total. The van der Waals surface area contributed by atoms with Gasteiger partial charge >= 0.3 is 0 Å². The molecule has 0 aliphatic rings. The van der Waals surface area contributed by atoms with Gasteiger partial charge in [0.05, 0.1) is 9.46 Å². The van der Waals surface area contributed by atoms with Gasteiger partial charge in [-0.1, -0.05) is 43.0 Å². The first-order chi connectivity index (χ1) is 9.72. The van der Waals surface area contributed by atoms with Gasteiger partial charge in [-0.3, -0.25) is 10.1 Å². The molecule has 1 unspecified atom stereocenters. The molecule has 0 fully saturated rings. The van der Waals surface area contributed by atoms with Crippen molar-refractivity contribution < 1.29 is 4.79 Å². The number of aromatic nitrogens is 2. The van der Waals surface area contributed by atoms with Gasteiger partial charge in [-0.15, -0.1) is 33.3 Å². The summed E-state index contributed by atoms with van der Waals surface area (Å²) in [5.74, 6) is 0.948. The predicted octanol–water partition coefficient (Wildman–Crippen LogP) is 4.22. The van der Waals surface area contributed by atoms with E-state index in [0.29, 0.717) is 5.13 Å². The lowest BCUT2D eigenvalue weighted by molar-refractivity contribution is -0.115. The van der Waals surface area contributed by atoms with Gasteiger partial charge in [0.2, 0.25) is 11.0 Å². The number of nitrogens with one attached hydrogen (secondary N) is 1. The molecule has 0 aliphatic carbocycles. The van der Waals surface area contributed by atoms with Gasteiger partial charge in [0.15, 0.2) is 4.34 Å². The summed E-state index contributed by atoms with van der Waals surface area (Å²) in [6.07, 6.45) is 0.782. The maximum absolute atomic E-state index is 12.2. The third-order valence-corrected chi connectivity index (χ3v) is 6.61. The molecule has 0 saturated heterocycles. The number of rotatable bonds is 7. The van der Waals surface area contributed by atoms with E-state index in [1.54, 1.807) is 34.9 Å². The number of carbonyl (C=O) groups is 1. The lowest BCUT2D eigenvalue weighted by Gasteiger charge is -2.11. The van der Waals surface area contributed by atoms with Crippen molar-refractivity contribution in [3.63, 3.8) is 0 Å². The Morgan fingerprint density at radius 3 is 2.95 bits per heavy atom. The van der Waals surface area contributed by atoms with Crippen LogP contribution in [0.2, 0.25) is 0 Å². The lowest BCUT2D eigenvalue weighted by Crippen LogP contribution is -2.24. The first-order valence-electron chi connectivity index (χ1n) is 6.20. The van der Waals surface area contributed by atoms with Crippen LogP contribution >= 0.6 is 46.2 Å². The second-order valence-corrected chi connectivity index (χ2v) is 8.68. The zero-order valence-corrected chi connectivity index (χ0v) is 14.4. The third kappa shape index (κ3) is 4.47. The number of thiophene rings is 1. The van der Waals surface area contributed by atoms with Crippen molar-refractivity contribution in [2.45, 2.75) is 34.1 Å². The van der Waals surface area contributed by atoms with E-state index in [1.165, 1.54) is 11.3 Å². The molecule has 4 nitrogen and oxygen atoms in total. The number of hydrogen-bond donors (Lipinski definition) is 1. The summed E-state index contributed by atoms with van der Waals surface area (Å²) in [7, 11) is 0. The van der Waals surface area contributed by atoms with Gasteiger partial charge in [0.25, 0.3) is 0 Å². The minimum absolute atomic E-state index is 0.00454. The van der Waals surface area contributed by atoms with Gasteiger partial charge in [-0.2, -0.15) is 0 Å². The summed E-state index contributed by atoms with van der Waals surface area (Å²) in [4.78, 5) is 12.2. The number of hydrogen-bond acceptors (Lipinski definition) is 7. The number of thioether (sulfide) groups is 2. The van der Waals surface area contributed by atoms with Gasteiger partial charge in [0.1, 0.15) is 0 Å². The summed E-state index contributed by atoms with van der Waals surface area (Å²) < 4.78 is 2.05. The zero-order valence-electron chi connectivity index (χ0n) is 11.2. The molecule has 0 spiro atoms. The highest BCUT2D eigenvalue weighted by Crippen LogP contribution is 2.31. The van der Waals surface area contributed by atoms with E-state index in [9.17, 15) is 4.79 Å². The molecule has 0 aromatic carbocycles. The van der Waals surface area contributed by atoms with Gasteiger partial charge in [-0.25, -0.2) is 0 Å².